The molecule has 0 saturated carbocycles. The molecule has 2 amide bonds. The van der Waals surface area contributed by atoms with E-state index in [0.717, 1.165) is 11.3 Å². The van der Waals surface area contributed by atoms with Gasteiger partial charge in [0.15, 0.2) is 0 Å². The molecule has 8 heteroatoms. The van der Waals surface area contributed by atoms with E-state index in [0.29, 0.717) is 30.9 Å². The number of ether oxygens (including phenoxy) is 1. The summed E-state index contributed by atoms with van der Waals surface area (Å²) < 4.78 is 4.59. The number of nitrogens with zero attached hydrogens (tertiary/aromatic N) is 2. The molecule has 0 spiro atoms. The lowest BCUT2D eigenvalue weighted by Gasteiger charge is -2.46. The van der Waals surface area contributed by atoms with Gasteiger partial charge in [0.25, 0.3) is 5.91 Å². The summed E-state index contributed by atoms with van der Waals surface area (Å²) >= 11 is 0. The smallest absolute Gasteiger partial charge is 0.407 e. The second-order valence-corrected chi connectivity index (χ2v) is 9.29. The van der Waals surface area contributed by atoms with Gasteiger partial charge in [-0.15, -0.1) is 0 Å². The average molecular weight is 466 g/mol. The van der Waals surface area contributed by atoms with Crippen LogP contribution in [0.4, 0.5) is 16.2 Å². The van der Waals surface area contributed by atoms with E-state index in [1.807, 2.05) is 39.0 Å². The van der Waals surface area contributed by atoms with Crippen molar-refractivity contribution < 1.29 is 24.2 Å². The minimum atomic E-state index is -0.892. The molecule has 1 saturated heterocycles. The monoisotopic (exact) mass is 465 g/mol. The first-order valence-corrected chi connectivity index (χ1v) is 11.1. The maximum Gasteiger partial charge on any atom is 0.407 e. The van der Waals surface area contributed by atoms with Crippen LogP contribution in [0.15, 0.2) is 54.6 Å². The lowest BCUT2D eigenvalue weighted by Crippen LogP contribution is -2.59. The molecule has 0 aromatic heterocycles. The molecular weight excluding hydrogens is 434 g/mol. The highest BCUT2D eigenvalue weighted by Crippen LogP contribution is 2.30. The minimum absolute atomic E-state index is 0.137. The van der Waals surface area contributed by atoms with Gasteiger partial charge in [-0.2, -0.15) is 0 Å². The summed E-state index contributed by atoms with van der Waals surface area (Å²) in [6.45, 7) is 7.75. The highest BCUT2D eigenvalue weighted by atomic mass is 16.5. The Morgan fingerprint density at radius 3 is 2.41 bits per heavy atom. The van der Waals surface area contributed by atoms with Crippen LogP contribution in [0.2, 0.25) is 0 Å². The number of hydrogen-bond acceptors (Lipinski definition) is 5. The number of esters is 1. The third kappa shape index (κ3) is 6.15. The second-order valence-electron chi connectivity index (χ2n) is 9.29. The van der Waals surface area contributed by atoms with Crippen molar-refractivity contribution in [1.29, 1.82) is 0 Å². The number of carbonyl (C=O) groups excluding carboxylic acids is 2. The molecule has 0 radical (unpaired) electrons. The van der Waals surface area contributed by atoms with E-state index in [1.54, 1.807) is 36.4 Å². The van der Waals surface area contributed by atoms with E-state index in [-0.39, 0.29) is 17.4 Å². The van der Waals surface area contributed by atoms with E-state index in [9.17, 15) is 19.5 Å². The summed E-state index contributed by atoms with van der Waals surface area (Å²) in [5.41, 5.74) is 2.63. The normalized spacial score (nSPS) is 16.4. The standard InChI is InChI=1S/C26H31N3O5/c1-26(2,3)22-17-28(14-15-29(22)25(32)33)21-11-9-19(10-12-21)24(31)27-20-7-5-6-18(16-20)8-13-23(30)34-4/h5-13,16,22H,14-15,17H2,1-4H3,(H,27,31)(H,32,33)/b13-8+. The Morgan fingerprint density at radius 1 is 1.09 bits per heavy atom. The van der Waals surface area contributed by atoms with Gasteiger partial charge < -0.3 is 25.0 Å². The molecule has 1 atom stereocenters. The zero-order valence-corrected chi connectivity index (χ0v) is 19.9. The van der Waals surface area contributed by atoms with Crippen molar-refractivity contribution in [2.24, 2.45) is 5.41 Å². The molecule has 8 nitrogen and oxygen atoms in total. The maximum absolute atomic E-state index is 12.7. The molecule has 1 aliphatic rings. The zero-order chi connectivity index (χ0) is 24.9. The van der Waals surface area contributed by atoms with Gasteiger partial charge in [-0.25, -0.2) is 9.59 Å². The Morgan fingerprint density at radius 2 is 1.79 bits per heavy atom. The summed E-state index contributed by atoms with van der Waals surface area (Å²) in [5, 5.41) is 12.4. The molecule has 1 fully saturated rings. The number of anilines is 2. The Bertz CT molecular complexity index is 1070. The fourth-order valence-electron chi connectivity index (χ4n) is 3.97. The van der Waals surface area contributed by atoms with Crippen LogP contribution in [0.25, 0.3) is 6.08 Å². The van der Waals surface area contributed by atoms with Crippen LogP contribution < -0.4 is 10.2 Å². The molecule has 2 aromatic carbocycles. The number of nitrogens with one attached hydrogen (secondary N) is 1. The third-order valence-corrected chi connectivity index (χ3v) is 5.88. The number of carboxylic acid groups (broad SMARTS) is 1. The van der Waals surface area contributed by atoms with Crippen LogP contribution in [-0.2, 0) is 9.53 Å². The lowest BCUT2D eigenvalue weighted by molar-refractivity contribution is -0.134. The molecule has 180 valence electrons. The number of piperazine rings is 1. The van der Waals surface area contributed by atoms with Crippen LogP contribution in [0.3, 0.4) is 0 Å². The molecule has 2 N–H and O–H groups in total. The predicted molar refractivity (Wildman–Crippen MR) is 132 cm³/mol. The van der Waals surface area contributed by atoms with Crippen LogP contribution in [0.5, 0.6) is 0 Å². The summed E-state index contributed by atoms with van der Waals surface area (Å²) in [6.07, 6.45) is 2.04. The minimum Gasteiger partial charge on any atom is -0.466 e. The lowest BCUT2D eigenvalue weighted by atomic mass is 9.84. The Balaban J connectivity index is 1.68. The van der Waals surface area contributed by atoms with E-state index in [4.69, 9.17) is 0 Å². The Labute approximate surface area is 199 Å². The molecule has 2 aromatic rings. The Hall–Kier alpha value is -3.81. The van der Waals surface area contributed by atoms with Gasteiger partial charge in [-0.1, -0.05) is 32.9 Å². The molecule has 0 bridgehead atoms. The van der Waals surface area contributed by atoms with Gasteiger partial charge >= 0.3 is 12.1 Å². The molecule has 1 unspecified atom stereocenters. The molecule has 0 aliphatic carbocycles. The quantitative estimate of drug-likeness (QED) is 0.503. The first-order valence-electron chi connectivity index (χ1n) is 11.1. The zero-order valence-electron chi connectivity index (χ0n) is 19.9. The van der Waals surface area contributed by atoms with Crippen molar-refractivity contribution in [2.75, 3.05) is 37.0 Å². The van der Waals surface area contributed by atoms with E-state index in [1.165, 1.54) is 18.1 Å². The van der Waals surface area contributed by atoms with Gasteiger partial charge in [0.1, 0.15) is 0 Å². The van der Waals surface area contributed by atoms with Crippen LogP contribution in [-0.4, -0.2) is 60.8 Å². The SMILES string of the molecule is COC(=O)/C=C/c1cccc(NC(=O)c2ccc(N3CCN(C(=O)O)C(C(C)(C)C)C3)cc2)c1. The topological polar surface area (TPSA) is 99.2 Å². The Kier molecular flexibility index (Phi) is 7.61. The van der Waals surface area contributed by atoms with Crippen LogP contribution >= 0.6 is 0 Å². The van der Waals surface area contributed by atoms with Crippen molar-refractivity contribution in [1.82, 2.24) is 4.90 Å². The molecule has 3 rings (SSSR count). The van der Waals surface area contributed by atoms with Gasteiger partial charge in [0.05, 0.1) is 13.2 Å². The van der Waals surface area contributed by atoms with Crippen molar-refractivity contribution in [2.45, 2.75) is 26.8 Å². The number of methoxy groups -OCH3 is 1. The van der Waals surface area contributed by atoms with Gasteiger partial charge in [0, 0.05) is 42.6 Å². The first-order chi connectivity index (χ1) is 16.1. The fourth-order valence-corrected chi connectivity index (χ4v) is 3.97. The van der Waals surface area contributed by atoms with Gasteiger partial charge in [-0.3, -0.25) is 4.79 Å². The average Bonchev–Trinajstić information content (AvgIpc) is 2.81. The summed E-state index contributed by atoms with van der Waals surface area (Å²) in [7, 11) is 1.31. The number of carbonyl (C=O) groups is 3. The molecule has 1 aliphatic heterocycles. The van der Waals surface area contributed by atoms with Crippen molar-refractivity contribution in [3.63, 3.8) is 0 Å². The summed E-state index contributed by atoms with van der Waals surface area (Å²) in [5.74, 6) is -0.698. The second kappa shape index (κ2) is 10.4. The predicted octanol–water partition coefficient (Wildman–Crippen LogP) is 4.34. The summed E-state index contributed by atoms with van der Waals surface area (Å²) in [6, 6.07) is 14.3. The van der Waals surface area contributed by atoms with Gasteiger partial charge in [-0.05, 0) is 53.5 Å². The van der Waals surface area contributed by atoms with E-state index >= 15 is 0 Å². The summed E-state index contributed by atoms with van der Waals surface area (Å²) in [4.78, 5) is 39.4. The van der Waals surface area contributed by atoms with Crippen LogP contribution in [0, 0.1) is 5.41 Å². The van der Waals surface area contributed by atoms with Crippen molar-refractivity contribution in [3.05, 3.63) is 65.7 Å². The molecular formula is C26H31N3O5. The fraction of sp³-hybridized carbons (Fsp3) is 0.346. The number of hydrogen-bond donors (Lipinski definition) is 2. The molecule has 34 heavy (non-hydrogen) atoms. The molecule has 1 heterocycles. The third-order valence-electron chi connectivity index (χ3n) is 5.88. The van der Waals surface area contributed by atoms with Crippen LogP contribution in [0.1, 0.15) is 36.7 Å². The van der Waals surface area contributed by atoms with E-state index in [2.05, 4.69) is 15.0 Å². The number of rotatable bonds is 5. The van der Waals surface area contributed by atoms with Gasteiger partial charge in [0.2, 0.25) is 0 Å². The maximum atomic E-state index is 12.7. The largest absolute Gasteiger partial charge is 0.466 e. The number of benzene rings is 2. The number of amides is 2. The highest BCUT2D eigenvalue weighted by Gasteiger charge is 2.38. The van der Waals surface area contributed by atoms with Crippen molar-refractivity contribution in [3.8, 4) is 0 Å². The van der Waals surface area contributed by atoms with Crippen molar-refractivity contribution >= 4 is 35.4 Å². The first kappa shape index (κ1) is 24.8. The van der Waals surface area contributed by atoms with E-state index < -0.39 is 12.1 Å². The highest BCUT2D eigenvalue weighted by molar-refractivity contribution is 6.04.